The average molecular weight is 474 g/mol. The number of sulfonamides is 1. The van der Waals surface area contributed by atoms with Gasteiger partial charge in [-0.1, -0.05) is 12.1 Å². The van der Waals surface area contributed by atoms with E-state index in [2.05, 4.69) is 27.9 Å². The monoisotopic (exact) mass is 474 g/mol. The minimum absolute atomic E-state index is 0.0357. The topological polar surface area (TPSA) is 116 Å². The maximum Gasteiger partial charge on any atom is 0.338 e. The van der Waals surface area contributed by atoms with Crippen molar-refractivity contribution in [2.24, 2.45) is 5.14 Å². The summed E-state index contributed by atoms with van der Waals surface area (Å²) < 4.78 is 28.7. The number of nitrogens with two attached hydrogens (primary N) is 1. The van der Waals surface area contributed by atoms with Crippen molar-refractivity contribution in [2.45, 2.75) is 11.8 Å². The van der Waals surface area contributed by atoms with Gasteiger partial charge in [0.25, 0.3) is 5.91 Å². The first kappa shape index (κ1) is 19.3. The summed E-state index contributed by atoms with van der Waals surface area (Å²) in [6.45, 7) is 1.12. The molecule has 7 nitrogen and oxygen atoms in total. The minimum Gasteiger partial charge on any atom is -0.452 e. The highest BCUT2D eigenvalue weighted by Crippen LogP contribution is 2.16. The molecule has 0 saturated heterocycles. The molecular formula is C16H15IN2O5S. The molecule has 132 valence electrons. The van der Waals surface area contributed by atoms with Gasteiger partial charge in [0.05, 0.1) is 10.5 Å². The van der Waals surface area contributed by atoms with Crippen LogP contribution in [0.4, 0.5) is 5.69 Å². The normalized spacial score (nSPS) is 11.0. The van der Waals surface area contributed by atoms with Gasteiger partial charge in [-0.2, -0.15) is 0 Å². The summed E-state index contributed by atoms with van der Waals surface area (Å²) in [5.74, 6) is -1.31. The molecule has 9 heteroatoms. The molecule has 0 fully saturated rings. The van der Waals surface area contributed by atoms with Crippen LogP contribution in [0.3, 0.4) is 0 Å². The van der Waals surface area contributed by atoms with E-state index in [0.29, 0.717) is 11.3 Å². The van der Waals surface area contributed by atoms with Crippen molar-refractivity contribution in [3.8, 4) is 0 Å². The molecular weight excluding hydrogens is 459 g/mol. The molecule has 0 bridgehead atoms. The lowest BCUT2D eigenvalue weighted by Gasteiger charge is -2.09. The van der Waals surface area contributed by atoms with Crippen LogP contribution in [0.2, 0.25) is 0 Å². The Hall–Kier alpha value is -1.98. The van der Waals surface area contributed by atoms with Crippen molar-refractivity contribution in [1.29, 1.82) is 0 Å². The Kier molecular flexibility index (Phi) is 6.14. The molecule has 2 aromatic rings. The van der Waals surface area contributed by atoms with E-state index in [1.165, 1.54) is 12.1 Å². The molecule has 1 amide bonds. The maximum absolute atomic E-state index is 12.1. The molecule has 0 spiro atoms. The van der Waals surface area contributed by atoms with Crippen LogP contribution in [0.15, 0.2) is 47.4 Å². The molecule has 0 heterocycles. The number of nitrogens with one attached hydrogen (secondary N) is 1. The Bertz CT molecular complexity index is 928. The van der Waals surface area contributed by atoms with Gasteiger partial charge in [0.15, 0.2) is 6.61 Å². The van der Waals surface area contributed by atoms with Gasteiger partial charge in [-0.05, 0) is 65.4 Å². The number of rotatable bonds is 5. The fourth-order valence-electron chi connectivity index (χ4n) is 1.97. The van der Waals surface area contributed by atoms with Crippen molar-refractivity contribution >= 4 is 50.2 Å². The highest BCUT2D eigenvalue weighted by atomic mass is 127. The second-order valence-electron chi connectivity index (χ2n) is 5.16. The lowest BCUT2D eigenvalue weighted by molar-refractivity contribution is -0.119. The number of carbonyl (C=O) groups is 2. The lowest BCUT2D eigenvalue weighted by atomic mass is 10.1. The summed E-state index contributed by atoms with van der Waals surface area (Å²) in [5, 5.41) is 7.65. The Labute approximate surface area is 158 Å². The molecule has 2 rings (SSSR count). The Morgan fingerprint density at radius 1 is 1.20 bits per heavy atom. The first-order valence-electron chi connectivity index (χ1n) is 7.03. The van der Waals surface area contributed by atoms with E-state index < -0.39 is 28.5 Å². The quantitative estimate of drug-likeness (QED) is 0.509. The fraction of sp³-hybridized carbons (Fsp3) is 0.125. The largest absolute Gasteiger partial charge is 0.452 e. The predicted octanol–water partition coefficient (Wildman–Crippen LogP) is 2.04. The maximum atomic E-state index is 12.1. The number of anilines is 1. The summed E-state index contributed by atoms with van der Waals surface area (Å²) in [5.41, 5.74) is 1.13. The van der Waals surface area contributed by atoms with E-state index in [1.807, 2.05) is 6.07 Å². The number of aryl methyl sites for hydroxylation is 1. The number of esters is 1. The zero-order chi connectivity index (χ0) is 18.6. The van der Waals surface area contributed by atoms with Gasteiger partial charge >= 0.3 is 5.97 Å². The van der Waals surface area contributed by atoms with Crippen LogP contribution in [0.1, 0.15) is 15.9 Å². The number of ether oxygens (including phenoxy) is 1. The van der Waals surface area contributed by atoms with E-state index in [9.17, 15) is 18.0 Å². The zero-order valence-electron chi connectivity index (χ0n) is 13.2. The van der Waals surface area contributed by atoms with E-state index in [0.717, 1.165) is 9.64 Å². The van der Waals surface area contributed by atoms with E-state index in [4.69, 9.17) is 9.88 Å². The van der Waals surface area contributed by atoms with Crippen molar-refractivity contribution in [3.63, 3.8) is 0 Å². The van der Waals surface area contributed by atoms with E-state index >= 15 is 0 Å². The van der Waals surface area contributed by atoms with Gasteiger partial charge < -0.3 is 10.1 Å². The van der Waals surface area contributed by atoms with Crippen LogP contribution in [0, 0.1) is 10.5 Å². The summed E-state index contributed by atoms with van der Waals surface area (Å²) >= 11 is 2.11. The Morgan fingerprint density at radius 2 is 1.92 bits per heavy atom. The molecule has 0 aromatic heterocycles. The SMILES string of the molecule is Cc1ccc(S(N)(=O)=O)cc1C(=O)OCC(=O)Nc1cccc(I)c1. The second kappa shape index (κ2) is 7.93. The van der Waals surface area contributed by atoms with Crippen molar-refractivity contribution < 1.29 is 22.7 Å². The highest BCUT2D eigenvalue weighted by molar-refractivity contribution is 14.1. The second-order valence-corrected chi connectivity index (χ2v) is 7.96. The zero-order valence-corrected chi connectivity index (χ0v) is 16.1. The first-order chi connectivity index (χ1) is 11.7. The van der Waals surface area contributed by atoms with Crippen LogP contribution in [0.5, 0.6) is 0 Å². The number of amides is 1. The summed E-state index contributed by atoms with van der Waals surface area (Å²) in [4.78, 5) is 23.8. The molecule has 0 saturated carbocycles. The molecule has 25 heavy (non-hydrogen) atoms. The van der Waals surface area contributed by atoms with Gasteiger partial charge in [0.1, 0.15) is 0 Å². The number of benzene rings is 2. The van der Waals surface area contributed by atoms with Crippen molar-refractivity contribution in [2.75, 3.05) is 11.9 Å². The third-order valence-corrected chi connectivity index (χ3v) is 4.78. The number of hydrogen-bond donors (Lipinski definition) is 2. The lowest BCUT2D eigenvalue weighted by Crippen LogP contribution is -2.21. The van der Waals surface area contributed by atoms with Gasteiger partial charge in [-0.3, -0.25) is 4.79 Å². The number of halogens is 1. The summed E-state index contributed by atoms with van der Waals surface area (Å²) in [6.07, 6.45) is 0. The van der Waals surface area contributed by atoms with Crippen molar-refractivity contribution in [3.05, 3.63) is 57.2 Å². The van der Waals surface area contributed by atoms with Crippen LogP contribution in [0.25, 0.3) is 0 Å². The Morgan fingerprint density at radius 3 is 2.56 bits per heavy atom. The molecule has 0 aliphatic carbocycles. The highest BCUT2D eigenvalue weighted by Gasteiger charge is 2.17. The van der Waals surface area contributed by atoms with Gasteiger partial charge in [0.2, 0.25) is 10.0 Å². The molecule has 0 aliphatic heterocycles. The van der Waals surface area contributed by atoms with Crippen LogP contribution in [-0.2, 0) is 19.6 Å². The molecule has 0 radical (unpaired) electrons. The summed E-state index contributed by atoms with van der Waals surface area (Å²) in [6, 6.07) is 11.0. The third kappa shape index (κ3) is 5.51. The van der Waals surface area contributed by atoms with Gasteiger partial charge in [-0.25, -0.2) is 18.4 Å². The van der Waals surface area contributed by atoms with Gasteiger partial charge in [0, 0.05) is 9.26 Å². The number of primary sulfonamides is 1. The third-order valence-electron chi connectivity index (χ3n) is 3.20. The molecule has 0 atom stereocenters. The molecule has 0 aliphatic rings. The molecule has 2 aromatic carbocycles. The fourth-order valence-corrected chi connectivity index (χ4v) is 3.05. The summed E-state index contributed by atoms with van der Waals surface area (Å²) in [7, 11) is -3.94. The molecule has 3 N–H and O–H groups in total. The minimum atomic E-state index is -3.94. The number of carbonyl (C=O) groups excluding carboxylic acids is 2. The first-order valence-corrected chi connectivity index (χ1v) is 9.65. The predicted molar refractivity (Wildman–Crippen MR) is 101 cm³/mol. The van der Waals surface area contributed by atoms with Crippen LogP contribution < -0.4 is 10.5 Å². The standard InChI is InChI=1S/C16H15IN2O5S/c1-10-5-6-13(25(18,22)23)8-14(10)16(21)24-9-15(20)19-12-4-2-3-11(17)7-12/h2-8H,9H2,1H3,(H,19,20)(H2,18,22,23). The van der Waals surface area contributed by atoms with E-state index in [-0.39, 0.29) is 10.5 Å². The van der Waals surface area contributed by atoms with Crippen LogP contribution >= 0.6 is 22.6 Å². The van der Waals surface area contributed by atoms with Crippen LogP contribution in [-0.4, -0.2) is 26.9 Å². The number of hydrogen-bond acceptors (Lipinski definition) is 5. The van der Waals surface area contributed by atoms with Crippen molar-refractivity contribution in [1.82, 2.24) is 0 Å². The Balaban J connectivity index is 2.04. The van der Waals surface area contributed by atoms with Gasteiger partial charge in [-0.15, -0.1) is 0 Å². The van der Waals surface area contributed by atoms with E-state index in [1.54, 1.807) is 25.1 Å². The molecule has 0 unspecified atom stereocenters. The average Bonchev–Trinajstić information content (AvgIpc) is 2.52. The smallest absolute Gasteiger partial charge is 0.338 e.